The summed E-state index contributed by atoms with van der Waals surface area (Å²) >= 11 is 0. The van der Waals surface area contributed by atoms with E-state index in [2.05, 4.69) is 15.3 Å². The van der Waals surface area contributed by atoms with Crippen LogP contribution in [0.15, 0.2) is 18.5 Å². The topological polar surface area (TPSA) is 101 Å². The fraction of sp³-hybridized carbons (Fsp3) is 0.526. The Kier molecular flexibility index (Phi) is 6.30. The van der Waals surface area contributed by atoms with Crippen molar-refractivity contribution in [3.05, 3.63) is 29.9 Å². The molecule has 0 spiro atoms. The van der Waals surface area contributed by atoms with Gasteiger partial charge in [-0.2, -0.15) is 0 Å². The van der Waals surface area contributed by atoms with Crippen LogP contribution in [-0.2, 0) is 14.3 Å². The summed E-state index contributed by atoms with van der Waals surface area (Å²) in [7, 11) is 0. The molecule has 0 saturated carbocycles. The summed E-state index contributed by atoms with van der Waals surface area (Å²) in [6.07, 6.45) is 6.06. The number of rotatable bonds is 5. The van der Waals surface area contributed by atoms with Crippen molar-refractivity contribution in [3.8, 4) is 0 Å². The first-order chi connectivity index (χ1) is 12.5. The Morgan fingerprint density at radius 3 is 2.56 bits per heavy atom. The molecule has 27 heavy (non-hydrogen) atoms. The lowest BCUT2D eigenvalue weighted by molar-refractivity contribution is -0.133. The maximum atomic E-state index is 12.5. The fourth-order valence-corrected chi connectivity index (χ4v) is 2.69. The van der Waals surface area contributed by atoms with E-state index in [1.54, 1.807) is 46.2 Å². The molecule has 1 aliphatic heterocycles. The lowest BCUT2D eigenvalue weighted by Crippen LogP contribution is -2.44. The largest absolute Gasteiger partial charge is 0.444 e. The van der Waals surface area contributed by atoms with Crippen molar-refractivity contribution in [3.63, 3.8) is 0 Å². The summed E-state index contributed by atoms with van der Waals surface area (Å²) in [5.74, 6) is 0.154. The number of aryl methyl sites for hydroxylation is 1. The number of nitrogens with one attached hydrogen (secondary N) is 1. The zero-order chi connectivity index (χ0) is 20.2. The maximum Gasteiger partial charge on any atom is 0.408 e. The summed E-state index contributed by atoms with van der Waals surface area (Å²) in [6.45, 7) is 8.84. The van der Waals surface area contributed by atoms with Crippen LogP contribution in [0.3, 0.4) is 0 Å². The smallest absolute Gasteiger partial charge is 0.408 e. The zero-order valence-electron chi connectivity index (χ0n) is 16.4. The highest BCUT2D eigenvalue weighted by atomic mass is 16.6. The number of amides is 2. The van der Waals surface area contributed by atoms with Crippen LogP contribution in [0.2, 0.25) is 0 Å². The molecule has 1 fully saturated rings. The van der Waals surface area contributed by atoms with Crippen molar-refractivity contribution in [2.75, 3.05) is 6.54 Å². The van der Waals surface area contributed by atoms with Crippen molar-refractivity contribution in [2.24, 2.45) is 0 Å². The van der Waals surface area contributed by atoms with Crippen LogP contribution in [0.5, 0.6) is 0 Å². The SMILES string of the molecule is Cc1ncc(C=CC(=O)CN2C(=O)[C@@H](NC(=O)OC(C)(C)C)C[C@H]2C)cn1. The molecular weight excluding hydrogens is 348 g/mol. The fourth-order valence-electron chi connectivity index (χ4n) is 2.69. The number of carbonyl (C=O) groups excluding carboxylic acids is 3. The first-order valence-corrected chi connectivity index (χ1v) is 8.85. The van der Waals surface area contributed by atoms with E-state index in [-0.39, 0.29) is 24.3 Å². The third kappa shape index (κ3) is 6.16. The second-order valence-electron chi connectivity index (χ2n) is 7.61. The van der Waals surface area contributed by atoms with Gasteiger partial charge in [-0.05, 0) is 53.2 Å². The van der Waals surface area contributed by atoms with E-state index >= 15 is 0 Å². The quantitative estimate of drug-likeness (QED) is 0.790. The van der Waals surface area contributed by atoms with Gasteiger partial charge in [-0.1, -0.05) is 0 Å². The monoisotopic (exact) mass is 374 g/mol. The molecule has 1 saturated heterocycles. The highest BCUT2D eigenvalue weighted by Crippen LogP contribution is 2.19. The number of aromatic nitrogens is 2. The van der Waals surface area contributed by atoms with Gasteiger partial charge in [0.05, 0.1) is 6.54 Å². The predicted octanol–water partition coefficient (Wildman–Crippen LogP) is 1.88. The normalized spacial score (nSPS) is 20.2. The van der Waals surface area contributed by atoms with Crippen LogP contribution in [0.4, 0.5) is 4.79 Å². The lowest BCUT2D eigenvalue weighted by atomic mass is 10.2. The van der Waals surface area contributed by atoms with E-state index in [4.69, 9.17) is 4.74 Å². The molecule has 0 aliphatic carbocycles. The van der Waals surface area contributed by atoms with Crippen molar-refractivity contribution in [1.29, 1.82) is 0 Å². The molecule has 2 rings (SSSR count). The van der Waals surface area contributed by atoms with Gasteiger partial charge in [0.15, 0.2) is 5.78 Å². The van der Waals surface area contributed by atoms with Gasteiger partial charge < -0.3 is 15.0 Å². The molecule has 2 atom stereocenters. The molecule has 0 bridgehead atoms. The van der Waals surface area contributed by atoms with Crippen molar-refractivity contribution < 1.29 is 19.1 Å². The van der Waals surface area contributed by atoms with Gasteiger partial charge in [0.25, 0.3) is 0 Å². The number of hydrogen-bond acceptors (Lipinski definition) is 6. The molecule has 1 aromatic rings. The number of ether oxygens (including phenoxy) is 1. The number of hydrogen-bond donors (Lipinski definition) is 1. The summed E-state index contributed by atoms with van der Waals surface area (Å²) in [5, 5.41) is 2.58. The molecule has 1 aromatic heterocycles. The van der Waals surface area contributed by atoms with Gasteiger partial charge in [0.1, 0.15) is 17.5 Å². The number of alkyl carbamates (subject to hydrolysis) is 1. The Hall–Kier alpha value is -2.77. The molecule has 2 heterocycles. The molecule has 2 amide bonds. The maximum absolute atomic E-state index is 12.5. The minimum Gasteiger partial charge on any atom is -0.444 e. The van der Waals surface area contributed by atoms with Crippen molar-refractivity contribution in [2.45, 2.75) is 58.7 Å². The standard InChI is InChI=1S/C19H26N4O4/c1-12-8-16(22-18(26)27-19(3,4)5)17(25)23(12)11-15(24)7-6-14-9-20-13(2)21-10-14/h6-7,9-10,12,16H,8,11H2,1-5H3,(H,22,26)/t12-,16+/m1/s1. The predicted molar refractivity (Wildman–Crippen MR) is 99.8 cm³/mol. The number of carbonyl (C=O) groups is 3. The van der Waals surface area contributed by atoms with E-state index in [9.17, 15) is 14.4 Å². The van der Waals surface area contributed by atoms with E-state index in [1.165, 1.54) is 11.0 Å². The van der Waals surface area contributed by atoms with E-state index < -0.39 is 17.7 Å². The number of likely N-dealkylation sites (tertiary alicyclic amines) is 1. The molecule has 0 unspecified atom stereocenters. The first-order valence-electron chi connectivity index (χ1n) is 8.85. The number of ketones is 1. The third-order valence-corrected chi connectivity index (χ3v) is 3.97. The summed E-state index contributed by atoms with van der Waals surface area (Å²) in [5.41, 5.74) is 0.0662. The van der Waals surface area contributed by atoms with Crippen molar-refractivity contribution in [1.82, 2.24) is 20.2 Å². The Morgan fingerprint density at radius 1 is 1.33 bits per heavy atom. The minimum absolute atomic E-state index is 0.0459. The van der Waals surface area contributed by atoms with Crippen LogP contribution in [-0.4, -0.2) is 56.9 Å². The Labute approximate surface area is 159 Å². The molecule has 8 nitrogen and oxygen atoms in total. The molecule has 1 aliphatic rings. The first kappa shape index (κ1) is 20.5. The summed E-state index contributed by atoms with van der Waals surface area (Å²) in [6, 6.07) is -0.838. The third-order valence-electron chi connectivity index (χ3n) is 3.97. The zero-order valence-corrected chi connectivity index (χ0v) is 16.4. The molecule has 1 N–H and O–H groups in total. The Morgan fingerprint density at radius 2 is 1.96 bits per heavy atom. The van der Waals surface area contributed by atoms with Crippen LogP contribution in [0.25, 0.3) is 6.08 Å². The summed E-state index contributed by atoms with van der Waals surface area (Å²) in [4.78, 5) is 46.2. The average Bonchev–Trinajstić information content (AvgIpc) is 2.80. The number of nitrogens with zero attached hydrogens (tertiary/aromatic N) is 3. The average molecular weight is 374 g/mol. The van der Waals surface area contributed by atoms with Gasteiger partial charge in [-0.25, -0.2) is 14.8 Å². The second kappa shape index (κ2) is 8.28. The molecule has 0 aromatic carbocycles. The Bertz CT molecular complexity index is 737. The van der Waals surface area contributed by atoms with Crippen LogP contribution in [0, 0.1) is 6.92 Å². The van der Waals surface area contributed by atoms with Gasteiger partial charge in [-0.15, -0.1) is 0 Å². The van der Waals surface area contributed by atoms with E-state index in [1.807, 2.05) is 6.92 Å². The van der Waals surface area contributed by atoms with Crippen LogP contribution < -0.4 is 5.32 Å². The van der Waals surface area contributed by atoms with Gasteiger partial charge in [0, 0.05) is 24.0 Å². The van der Waals surface area contributed by atoms with Gasteiger partial charge in [0.2, 0.25) is 5.91 Å². The molecule has 8 heteroatoms. The minimum atomic E-state index is -0.683. The summed E-state index contributed by atoms with van der Waals surface area (Å²) < 4.78 is 5.18. The van der Waals surface area contributed by atoms with Gasteiger partial charge in [-0.3, -0.25) is 9.59 Å². The Balaban J connectivity index is 1.92. The van der Waals surface area contributed by atoms with Crippen LogP contribution >= 0.6 is 0 Å². The highest BCUT2D eigenvalue weighted by Gasteiger charge is 2.39. The van der Waals surface area contributed by atoms with Crippen LogP contribution in [0.1, 0.15) is 45.5 Å². The van der Waals surface area contributed by atoms with E-state index in [0.717, 1.165) is 0 Å². The molecule has 146 valence electrons. The molecule has 0 radical (unpaired) electrons. The lowest BCUT2D eigenvalue weighted by Gasteiger charge is -2.21. The molecular formula is C19H26N4O4. The van der Waals surface area contributed by atoms with Gasteiger partial charge >= 0.3 is 6.09 Å². The highest BCUT2D eigenvalue weighted by molar-refractivity contribution is 5.98. The van der Waals surface area contributed by atoms with Crippen molar-refractivity contribution >= 4 is 23.9 Å². The van der Waals surface area contributed by atoms with E-state index in [0.29, 0.717) is 17.8 Å². The second-order valence-corrected chi connectivity index (χ2v) is 7.61.